The Morgan fingerprint density at radius 2 is 1.29 bits per heavy atom. The van der Waals surface area contributed by atoms with Gasteiger partial charge in [0.15, 0.2) is 0 Å². The van der Waals surface area contributed by atoms with Gasteiger partial charge >= 0.3 is 11.9 Å². The molecule has 0 aliphatic rings. The van der Waals surface area contributed by atoms with Gasteiger partial charge in [0, 0.05) is 0 Å². The molecule has 3 aromatic carbocycles. The van der Waals surface area contributed by atoms with Crippen molar-refractivity contribution in [1.29, 1.82) is 0 Å². The first kappa shape index (κ1) is 21.9. The molecular formula is C25H24O6. The summed E-state index contributed by atoms with van der Waals surface area (Å²) in [5.41, 5.74) is 0.701. The monoisotopic (exact) mass is 420 g/mol. The minimum Gasteiger partial charge on any atom is -0.490 e. The Morgan fingerprint density at radius 1 is 0.645 bits per heavy atom. The summed E-state index contributed by atoms with van der Waals surface area (Å²) >= 11 is 0. The van der Waals surface area contributed by atoms with Crippen molar-refractivity contribution < 1.29 is 28.5 Å². The van der Waals surface area contributed by atoms with E-state index in [9.17, 15) is 9.59 Å². The van der Waals surface area contributed by atoms with Gasteiger partial charge in [0.1, 0.15) is 30.5 Å². The van der Waals surface area contributed by atoms with Crippen molar-refractivity contribution in [2.75, 3.05) is 19.8 Å². The Bertz CT molecular complexity index is 982. The maximum Gasteiger partial charge on any atom is 0.343 e. The number of hydrogen-bond acceptors (Lipinski definition) is 6. The van der Waals surface area contributed by atoms with E-state index in [1.807, 2.05) is 37.3 Å². The van der Waals surface area contributed by atoms with Crippen LogP contribution < -0.4 is 14.2 Å². The summed E-state index contributed by atoms with van der Waals surface area (Å²) in [7, 11) is 0. The molecule has 0 spiro atoms. The van der Waals surface area contributed by atoms with E-state index in [4.69, 9.17) is 18.9 Å². The zero-order valence-corrected chi connectivity index (χ0v) is 17.3. The molecule has 3 rings (SSSR count). The number of rotatable bonds is 10. The predicted molar refractivity (Wildman–Crippen MR) is 116 cm³/mol. The van der Waals surface area contributed by atoms with Gasteiger partial charge in [-0.1, -0.05) is 31.2 Å². The third-order valence-electron chi connectivity index (χ3n) is 4.17. The molecule has 0 aliphatic heterocycles. The zero-order valence-electron chi connectivity index (χ0n) is 17.3. The van der Waals surface area contributed by atoms with E-state index in [1.54, 1.807) is 42.5 Å². The summed E-state index contributed by atoms with van der Waals surface area (Å²) in [6.45, 7) is 3.04. The molecule has 0 unspecified atom stereocenters. The average molecular weight is 420 g/mol. The Labute approximate surface area is 181 Å². The summed E-state index contributed by atoms with van der Waals surface area (Å²) in [6, 6.07) is 22.5. The quantitative estimate of drug-likeness (QED) is 0.263. The molecule has 160 valence electrons. The van der Waals surface area contributed by atoms with Gasteiger partial charge in [-0.05, 0) is 61.0 Å². The van der Waals surface area contributed by atoms with Crippen molar-refractivity contribution in [1.82, 2.24) is 0 Å². The fraction of sp³-hybridized carbons (Fsp3) is 0.200. The van der Waals surface area contributed by atoms with Crippen LogP contribution >= 0.6 is 0 Å². The number of carbonyl (C=O) groups is 2. The Morgan fingerprint density at radius 3 is 1.97 bits per heavy atom. The van der Waals surface area contributed by atoms with E-state index in [1.165, 1.54) is 6.07 Å². The lowest BCUT2D eigenvalue weighted by atomic mass is 10.2. The highest BCUT2D eigenvalue weighted by atomic mass is 16.5. The molecule has 0 aliphatic carbocycles. The summed E-state index contributed by atoms with van der Waals surface area (Å²) in [4.78, 5) is 24.3. The number of carbonyl (C=O) groups excluding carboxylic acids is 2. The lowest BCUT2D eigenvalue weighted by molar-refractivity contribution is 0.0503. The molecule has 31 heavy (non-hydrogen) atoms. The number of para-hydroxylation sites is 1. The van der Waals surface area contributed by atoms with Crippen LogP contribution in [0.2, 0.25) is 0 Å². The molecule has 0 heterocycles. The van der Waals surface area contributed by atoms with E-state index < -0.39 is 11.9 Å². The van der Waals surface area contributed by atoms with Gasteiger partial charge in [-0.3, -0.25) is 0 Å². The van der Waals surface area contributed by atoms with Crippen LogP contribution in [0.3, 0.4) is 0 Å². The minimum atomic E-state index is -0.530. The van der Waals surface area contributed by atoms with Gasteiger partial charge < -0.3 is 18.9 Å². The second-order valence-electron chi connectivity index (χ2n) is 6.59. The number of hydrogen-bond donors (Lipinski definition) is 0. The van der Waals surface area contributed by atoms with E-state index in [-0.39, 0.29) is 5.75 Å². The molecule has 0 saturated heterocycles. The Balaban J connectivity index is 1.49. The first-order chi connectivity index (χ1) is 15.2. The molecule has 0 N–H and O–H groups in total. The topological polar surface area (TPSA) is 71.1 Å². The normalized spacial score (nSPS) is 10.2. The molecule has 0 atom stereocenters. The predicted octanol–water partition coefficient (Wildman–Crippen LogP) is 4.93. The fourth-order valence-corrected chi connectivity index (χ4v) is 2.65. The number of ether oxygens (including phenoxy) is 4. The molecular weight excluding hydrogens is 396 g/mol. The van der Waals surface area contributed by atoms with Crippen LogP contribution in [0.25, 0.3) is 0 Å². The molecule has 0 bridgehead atoms. The molecule has 0 saturated carbocycles. The lowest BCUT2D eigenvalue weighted by Crippen LogP contribution is -2.11. The molecule has 6 heteroatoms. The largest absolute Gasteiger partial charge is 0.490 e. The van der Waals surface area contributed by atoms with Crippen molar-refractivity contribution in [3.05, 3.63) is 90.0 Å². The van der Waals surface area contributed by atoms with Crippen LogP contribution in [0.4, 0.5) is 0 Å². The summed E-state index contributed by atoms with van der Waals surface area (Å²) < 4.78 is 21.7. The van der Waals surface area contributed by atoms with Gasteiger partial charge in [-0.15, -0.1) is 0 Å². The van der Waals surface area contributed by atoms with Gasteiger partial charge in [-0.2, -0.15) is 0 Å². The molecule has 0 aromatic heterocycles. The van der Waals surface area contributed by atoms with E-state index >= 15 is 0 Å². The van der Waals surface area contributed by atoms with Crippen LogP contribution in [-0.4, -0.2) is 31.8 Å². The van der Waals surface area contributed by atoms with Crippen molar-refractivity contribution >= 4 is 11.9 Å². The lowest BCUT2D eigenvalue weighted by Gasteiger charge is -2.09. The van der Waals surface area contributed by atoms with Gasteiger partial charge in [-0.25, -0.2) is 9.59 Å². The molecule has 6 nitrogen and oxygen atoms in total. The van der Waals surface area contributed by atoms with Gasteiger partial charge in [0.25, 0.3) is 0 Å². The smallest absolute Gasteiger partial charge is 0.343 e. The average Bonchev–Trinajstić information content (AvgIpc) is 2.81. The van der Waals surface area contributed by atoms with Crippen molar-refractivity contribution in [3.63, 3.8) is 0 Å². The highest BCUT2D eigenvalue weighted by Crippen LogP contribution is 2.18. The Hall–Kier alpha value is -3.80. The first-order valence-electron chi connectivity index (χ1n) is 10.1. The van der Waals surface area contributed by atoms with E-state index in [2.05, 4.69) is 0 Å². The minimum absolute atomic E-state index is 0.273. The molecule has 3 aromatic rings. The van der Waals surface area contributed by atoms with Crippen LogP contribution in [0.5, 0.6) is 17.2 Å². The molecule has 0 amide bonds. The summed E-state index contributed by atoms with van der Waals surface area (Å²) in [6.07, 6.45) is 0.736. The fourth-order valence-electron chi connectivity index (χ4n) is 2.65. The van der Waals surface area contributed by atoms with Gasteiger partial charge in [0.2, 0.25) is 0 Å². The molecule has 0 fully saturated rings. The number of esters is 2. The highest BCUT2D eigenvalue weighted by molar-refractivity contribution is 5.92. The maximum atomic E-state index is 12.4. The SMILES string of the molecule is CCCOC(=O)c1cccc(OC(=O)c2ccc(OCCOc3ccccc3)cc2)c1. The van der Waals surface area contributed by atoms with Crippen LogP contribution in [0, 0.1) is 0 Å². The van der Waals surface area contributed by atoms with Crippen LogP contribution in [0.1, 0.15) is 34.1 Å². The van der Waals surface area contributed by atoms with Crippen molar-refractivity contribution in [2.45, 2.75) is 13.3 Å². The third-order valence-corrected chi connectivity index (χ3v) is 4.17. The van der Waals surface area contributed by atoms with Gasteiger partial charge in [0.05, 0.1) is 17.7 Å². The highest BCUT2D eigenvalue weighted by Gasteiger charge is 2.12. The zero-order chi connectivity index (χ0) is 21.9. The maximum absolute atomic E-state index is 12.4. The van der Waals surface area contributed by atoms with E-state index in [0.29, 0.717) is 36.7 Å². The summed E-state index contributed by atoms with van der Waals surface area (Å²) in [5, 5.41) is 0. The summed E-state index contributed by atoms with van der Waals surface area (Å²) in [5.74, 6) is 0.700. The third kappa shape index (κ3) is 6.89. The van der Waals surface area contributed by atoms with Crippen LogP contribution in [0.15, 0.2) is 78.9 Å². The van der Waals surface area contributed by atoms with Crippen molar-refractivity contribution in [3.8, 4) is 17.2 Å². The second-order valence-corrected chi connectivity index (χ2v) is 6.59. The standard InChI is InChI=1S/C25H24O6/c1-2-15-30-24(26)20-7-6-10-23(18-20)31-25(27)19-11-13-22(14-12-19)29-17-16-28-21-8-4-3-5-9-21/h3-14,18H,2,15-17H2,1H3. The van der Waals surface area contributed by atoms with Crippen molar-refractivity contribution in [2.24, 2.45) is 0 Å². The first-order valence-corrected chi connectivity index (χ1v) is 10.1. The number of benzene rings is 3. The Kier molecular flexibility index (Phi) is 8.05. The molecule has 0 radical (unpaired) electrons. The van der Waals surface area contributed by atoms with Crippen LogP contribution in [-0.2, 0) is 4.74 Å². The second kappa shape index (κ2) is 11.4. The van der Waals surface area contributed by atoms with E-state index in [0.717, 1.165) is 12.2 Å².